The Balaban J connectivity index is 3.74. The van der Waals surface area contributed by atoms with E-state index in [-0.39, 0.29) is 12.4 Å². The fourth-order valence-corrected chi connectivity index (χ4v) is 3.18. The van der Waals surface area contributed by atoms with Crippen molar-refractivity contribution >= 4 is 11.9 Å². The van der Waals surface area contributed by atoms with E-state index in [9.17, 15) is 9.59 Å². The largest absolute Gasteiger partial charge is 0.481 e. The third-order valence-corrected chi connectivity index (χ3v) is 4.59. The Morgan fingerprint density at radius 3 is 1.96 bits per heavy atom. The normalized spacial score (nSPS) is 13.0. The first-order valence-corrected chi connectivity index (χ1v) is 11.1. The number of likely N-dealkylation sites (N-methyl/N-ethyl adjacent to an activating group) is 1. The summed E-state index contributed by atoms with van der Waals surface area (Å²) in [6.07, 6.45) is 17.4. The number of carboxylic acid groups (broad SMARTS) is 1. The van der Waals surface area contributed by atoms with Crippen molar-refractivity contribution in [3.8, 4) is 0 Å². The van der Waals surface area contributed by atoms with E-state index in [0.29, 0.717) is 17.4 Å². The number of carbonyl (C=O) groups is 2. The van der Waals surface area contributed by atoms with E-state index in [2.05, 4.69) is 19.1 Å². The average molecular weight is 399 g/mol. The van der Waals surface area contributed by atoms with Crippen LogP contribution in [0.2, 0.25) is 0 Å². The molecule has 0 aliphatic heterocycles. The second-order valence-corrected chi connectivity index (χ2v) is 8.81. The van der Waals surface area contributed by atoms with Crippen molar-refractivity contribution in [2.24, 2.45) is 0 Å². The predicted molar refractivity (Wildman–Crippen MR) is 115 cm³/mol. The average Bonchev–Trinajstić information content (AvgIpc) is 2.56. The van der Waals surface area contributed by atoms with Crippen LogP contribution >= 0.6 is 0 Å². The summed E-state index contributed by atoms with van der Waals surface area (Å²) >= 11 is 0. The van der Waals surface area contributed by atoms with Gasteiger partial charge in [-0.15, -0.1) is 0 Å². The number of unbranched alkanes of at least 4 members (excludes halogenated alkanes) is 9. The van der Waals surface area contributed by atoms with Gasteiger partial charge in [-0.25, -0.2) is 0 Å². The highest BCUT2D eigenvalue weighted by atomic mass is 16.5. The van der Waals surface area contributed by atoms with Crippen molar-refractivity contribution in [2.75, 3.05) is 27.7 Å². The molecule has 0 heterocycles. The topological polar surface area (TPSA) is 63.6 Å². The molecule has 0 aromatic rings. The highest BCUT2D eigenvalue weighted by Gasteiger charge is 2.24. The van der Waals surface area contributed by atoms with Crippen molar-refractivity contribution in [3.63, 3.8) is 0 Å². The van der Waals surface area contributed by atoms with Gasteiger partial charge in [0.2, 0.25) is 0 Å². The minimum absolute atomic E-state index is 0.134. The lowest BCUT2D eigenvalue weighted by molar-refractivity contribution is -0.873. The molecule has 28 heavy (non-hydrogen) atoms. The number of rotatable bonds is 18. The lowest BCUT2D eigenvalue weighted by Crippen LogP contribution is -2.43. The van der Waals surface area contributed by atoms with Gasteiger partial charge in [0.15, 0.2) is 6.10 Å². The number of carbonyl (C=O) groups excluding carboxylic acids is 1. The third-order valence-electron chi connectivity index (χ3n) is 4.59. The maximum absolute atomic E-state index is 12.0. The van der Waals surface area contributed by atoms with Crippen LogP contribution in [0.3, 0.4) is 0 Å². The molecule has 1 atom stereocenters. The van der Waals surface area contributed by atoms with E-state index in [1.807, 2.05) is 21.1 Å². The van der Waals surface area contributed by atoms with Crippen molar-refractivity contribution in [1.29, 1.82) is 0 Å². The molecular formula is C23H44NO4+. The van der Waals surface area contributed by atoms with Crippen LogP contribution in [-0.2, 0) is 14.3 Å². The molecule has 0 aliphatic rings. The number of nitrogens with zero attached hydrogens (tertiary/aromatic N) is 1. The molecule has 1 N–H and O–H groups in total. The molecule has 0 unspecified atom stereocenters. The molecule has 0 aliphatic carbocycles. The van der Waals surface area contributed by atoms with Gasteiger partial charge in [-0.1, -0.05) is 57.6 Å². The maximum atomic E-state index is 12.0. The van der Waals surface area contributed by atoms with E-state index < -0.39 is 12.1 Å². The van der Waals surface area contributed by atoms with Gasteiger partial charge in [-0.05, 0) is 32.1 Å². The summed E-state index contributed by atoms with van der Waals surface area (Å²) in [5.41, 5.74) is 0. The fraction of sp³-hybridized carbons (Fsp3) is 0.826. The molecule has 0 saturated carbocycles. The maximum Gasteiger partial charge on any atom is 0.307 e. The van der Waals surface area contributed by atoms with E-state index in [4.69, 9.17) is 9.84 Å². The quantitative estimate of drug-likeness (QED) is 0.147. The minimum Gasteiger partial charge on any atom is -0.481 e. The van der Waals surface area contributed by atoms with Crippen LogP contribution in [0, 0.1) is 0 Å². The van der Waals surface area contributed by atoms with Crippen molar-refractivity contribution < 1.29 is 23.9 Å². The number of aliphatic carboxylic acids is 1. The summed E-state index contributed by atoms with van der Waals surface area (Å²) in [6.45, 7) is 2.75. The van der Waals surface area contributed by atoms with Gasteiger partial charge in [0.25, 0.3) is 0 Å². The molecule has 0 spiro atoms. The number of ether oxygens (including phenoxy) is 1. The molecule has 0 bridgehead atoms. The zero-order valence-corrected chi connectivity index (χ0v) is 18.8. The van der Waals surface area contributed by atoms with Crippen LogP contribution < -0.4 is 0 Å². The third kappa shape index (κ3) is 19.4. The molecule has 0 amide bonds. The molecule has 0 saturated heterocycles. The van der Waals surface area contributed by atoms with Crippen LogP contribution in [0.5, 0.6) is 0 Å². The molecule has 0 radical (unpaired) electrons. The predicted octanol–water partition coefficient (Wildman–Crippen LogP) is 5.34. The first-order chi connectivity index (χ1) is 13.2. The lowest BCUT2D eigenvalue weighted by Gasteiger charge is -2.28. The van der Waals surface area contributed by atoms with E-state index >= 15 is 0 Å². The molecule has 0 aromatic heterocycles. The fourth-order valence-electron chi connectivity index (χ4n) is 3.18. The first-order valence-electron chi connectivity index (χ1n) is 11.1. The number of allylic oxidation sites excluding steroid dienone is 2. The number of hydrogen-bond acceptors (Lipinski definition) is 3. The SMILES string of the molecule is CCCCCCCC/C=C\CCCCCC(=O)O[C@H](CC(=O)O)C[N+](C)(C)C. The van der Waals surface area contributed by atoms with Gasteiger partial charge < -0.3 is 14.3 Å². The number of esters is 1. The summed E-state index contributed by atoms with van der Waals surface area (Å²) in [7, 11) is 5.88. The summed E-state index contributed by atoms with van der Waals surface area (Å²) in [5.74, 6) is -1.21. The van der Waals surface area contributed by atoms with Crippen LogP contribution in [-0.4, -0.2) is 55.3 Å². The number of quaternary nitrogens is 1. The van der Waals surface area contributed by atoms with Gasteiger partial charge >= 0.3 is 11.9 Å². The van der Waals surface area contributed by atoms with Crippen LogP contribution in [0.1, 0.15) is 90.4 Å². The number of hydrogen-bond donors (Lipinski definition) is 1. The van der Waals surface area contributed by atoms with E-state index in [0.717, 1.165) is 25.7 Å². The molecule has 0 aromatic carbocycles. The van der Waals surface area contributed by atoms with Crippen LogP contribution in [0.4, 0.5) is 0 Å². The summed E-state index contributed by atoms with van der Waals surface area (Å²) in [4.78, 5) is 22.9. The second kappa shape index (κ2) is 16.6. The Morgan fingerprint density at radius 1 is 0.893 bits per heavy atom. The second-order valence-electron chi connectivity index (χ2n) is 8.81. The highest BCUT2D eigenvalue weighted by Crippen LogP contribution is 2.11. The standard InChI is InChI=1S/C23H43NO4/c1-5-6-7-8-9-10-11-12-13-14-15-16-17-18-23(27)28-21(19-22(25)26)20-24(2,3)4/h12-13,21H,5-11,14-20H2,1-4H3/p+1/b13-12-/t21-/m1/s1. The van der Waals surface area contributed by atoms with Gasteiger partial charge in [0.1, 0.15) is 6.54 Å². The Labute approximate surface area is 172 Å². The van der Waals surface area contributed by atoms with Crippen LogP contribution in [0.25, 0.3) is 0 Å². The minimum atomic E-state index is -0.931. The van der Waals surface area contributed by atoms with Gasteiger partial charge in [-0.2, -0.15) is 0 Å². The van der Waals surface area contributed by atoms with E-state index in [1.165, 1.54) is 44.9 Å². The van der Waals surface area contributed by atoms with Gasteiger partial charge in [0, 0.05) is 6.42 Å². The Morgan fingerprint density at radius 2 is 1.43 bits per heavy atom. The molecule has 0 rings (SSSR count). The van der Waals surface area contributed by atoms with Crippen LogP contribution in [0.15, 0.2) is 12.2 Å². The lowest BCUT2D eigenvalue weighted by atomic mass is 10.1. The molecule has 164 valence electrons. The smallest absolute Gasteiger partial charge is 0.307 e. The summed E-state index contributed by atoms with van der Waals surface area (Å²) < 4.78 is 5.96. The zero-order chi connectivity index (χ0) is 21.3. The molecule has 5 nitrogen and oxygen atoms in total. The molecule has 5 heteroatoms. The number of carboxylic acids is 1. The molecular weight excluding hydrogens is 354 g/mol. The molecule has 0 fully saturated rings. The van der Waals surface area contributed by atoms with Crippen molar-refractivity contribution in [2.45, 2.75) is 96.5 Å². The summed E-state index contributed by atoms with van der Waals surface area (Å²) in [6, 6.07) is 0. The van der Waals surface area contributed by atoms with Crippen molar-refractivity contribution in [1.82, 2.24) is 0 Å². The van der Waals surface area contributed by atoms with E-state index in [1.54, 1.807) is 0 Å². The van der Waals surface area contributed by atoms with Gasteiger partial charge in [-0.3, -0.25) is 9.59 Å². The summed E-state index contributed by atoms with van der Waals surface area (Å²) in [5, 5.41) is 8.99. The van der Waals surface area contributed by atoms with Gasteiger partial charge in [0.05, 0.1) is 27.6 Å². The Hall–Kier alpha value is -1.36. The Kier molecular flexibility index (Phi) is 15.8. The monoisotopic (exact) mass is 398 g/mol. The Bertz CT molecular complexity index is 440. The van der Waals surface area contributed by atoms with Crippen molar-refractivity contribution in [3.05, 3.63) is 12.2 Å². The highest BCUT2D eigenvalue weighted by molar-refractivity contribution is 5.71. The first kappa shape index (κ1) is 26.6. The zero-order valence-electron chi connectivity index (χ0n) is 18.8.